The first kappa shape index (κ1) is 39.0. The van der Waals surface area contributed by atoms with Gasteiger partial charge in [0.15, 0.2) is 0 Å². The Hall–Kier alpha value is -5.22. The van der Waals surface area contributed by atoms with Crippen LogP contribution in [0.25, 0.3) is 22.1 Å². The lowest BCUT2D eigenvalue weighted by Gasteiger charge is -2.47. The van der Waals surface area contributed by atoms with Gasteiger partial charge in [0.1, 0.15) is 5.58 Å². The van der Waals surface area contributed by atoms with Gasteiger partial charge in [-0.1, -0.05) is 135 Å². The number of allylic oxidation sites excluding steroid dienone is 3. The van der Waals surface area contributed by atoms with Crippen LogP contribution in [-0.4, -0.2) is 6.71 Å². The third kappa shape index (κ3) is 5.99. The van der Waals surface area contributed by atoms with E-state index < -0.39 is 0 Å². The van der Waals surface area contributed by atoms with Crippen molar-refractivity contribution in [3.8, 4) is 11.1 Å². The van der Waals surface area contributed by atoms with Crippen molar-refractivity contribution in [2.24, 2.45) is 11.3 Å². The summed E-state index contributed by atoms with van der Waals surface area (Å²) in [5.41, 5.74) is 21.5. The molecule has 0 spiro atoms. The summed E-state index contributed by atoms with van der Waals surface area (Å²) in [6.07, 6.45) is 10.8. The van der Waals surface area contributed by atoms with Crippen molar-refractivity contribution in [1.29, 1.82) is 0 Å². The molecule has 60 heavy (non-hydrogen) atoms. The number of hydrogen-bond donors (Lipinski definition) is 0. The minimum Gasteiger partial charge on any atom is -0.468 e. The largest absolute Gasteiger partial charge is 0.468 e. The van der Waals surface area contributed by atoms with Crippen LogP contribution in [0.5, 0.6) is 0 Å². The summed E-state index contributed by atoms with van der Waals surface area (Å²) in [7, 11) is 0. The Morgan fingerprint density at radius 1 is 0.683 bits per heavy atom. The SMILES string of the molecule is Cc1cc2c3c(c1)N(c1ccc(C(C)(C)C)cc1-c1ccccc1)c1c(oc4ccc(C)cc14)B3c1cc3c(cc1N2C1=CCC(C(C)(C)C)C=C1)C(C)(C)CCC3(C)C. The summed E-state index contributed by atoms with van der Waals surface area (Å²) in [5.74, 6) is 0.484. The molecule has 0 amide bonds. The highest BCUT2D eigenvalue weighted by Gasteiger charge is 2.49. The van der Waals surface area contributed by atoms with Gasteiger partial charge in [0.2, 0.25) is 0 Å². The summed E-state index contributed by atoms with van der Waals surface area (Å²) < 4.78 is 7.34. The lowest BCUT2D eigenvalue weighted by atomic mass is 9.35. The van der Waals surface area contributed by atoms with Crippen molar-refractivity contribution in [3.63, 3.8) is 0 Å². The second-order valence-electron chi connectivity index (χ2n) is 21.9. The standard InChI is InChI=1S/C56H61BN2O/c1-34-18-25-49-41(28-34)51-52(60-49)57-44-32-42-43(56(11,12)27-26-55(42,9)10)33-46(44)58(39-22-19-37(20-23-39)53(3,4)5)47-29-35(2)30-48(50(47)57)59(51)45-24-21-38(54(6,7)8)31-40(45)36-16-14-13-15-17-36/h13-19,21-25,28-33,37H,20,26-27H2,1-12H3. The second kappa shape index (κ2) is 13.1. The van der Waals surface area contributed by atoms with Gasteiger partial charge in [-0.15, -0.1) is 0 Å². The molecule has 0 N–H and O–H groups in total. The quantitative estimate of drug-likeness (QED) is 0.166. The van der Waals surface area contributed by atoms with E-state index in [2.05, 4.69) is 202 Å². The minimum absolute atomic E-state index is 0.0128. The van der Waals surface area contributed by atoms with E-state index in [-0.39, 0.29) is 28.4 Å². The van der Waals surface area contributed by atoms with E-state index in [0.29, 0.717) is 5.92 Å². The average molecular weight is 789 g/mol. The van der Waals surface area contributed by atoms with E-state index in [1.54, 1.807) is 0 Å². The highest BCUT2D eigenvalue weighted by molar-refractivity contribution is 7.00. The van der Waals surface area contributed by atoms with Crippen LogP contribution in [0.1, 0.15) is 116 Å². The lowest BCUT2D eigenvalue weighted by molar-refractivity contribution is 0.293. The van der Waals surface area contributed by atoms with Gasteiger partial charge in [-0.05, 0) is 148 Å². The molecule has 1 aromatic heterocycles. The van der Waals surface area contributed by atoms with Crippen LogP contribution in [-0.2, 0) is 16.2 Å². The minimum atomic E-state index is -0.0866. The number of fused-ring (bicyclic) bond motifs is 7. The van der Waals surface area contributed by atoms with Crippen molar-refractivity contribution in [2.75, 3.05) is 9.80 Å². The van der Waals surface area contributed by atoms with Crippen molar-refractivity contribution in [1.82, 2.24) is 0 Å². The van der Waals surface area contributed by atoms with Gasteiger partial charge in [0, 0.05) is 33.7 Å². The molecule has 0 saturated heterocycles. The van der Waals surface area contributed by atoms with Crippen molar-refractivity contribution in [2.45, 2.75) is 119 Å². The zero-order chi connectivity index (χ0) is 42.3. The van der Waals surface area contributed by atoms with Crippen molar-refractivity contribution < 1.29 is 4.42 Å². The molecule has 2 aliphatic carbocycles. The fourth-order valence-corrected chi connectivity index (χ4v) is 10.8. The zero-order valence-electron chi connectivity index (χ0n) is 38.0. The molecule has 10 rings (SSSR count). The van der Waals surface area contributed by atoms with Gasteiger partial charge < -0.3 is 14.2 Å². The Morgan fingerprint density at radius 2 is 1.37 bits per heavy atom. The normalized spacial score (nSPS) is 18.8. The third-order valence-corrected chi connectivity index (χ3v) is 14.6. The first-order valence-corrected chi connectivity index (χ1v) is 22.4. The Labute approximate surface area is 359 Å². The molecule has 0 saturated carbocycles. The number of anilines is 5. The van der Waals surface area contributed by atoms with Crippen LogP contribution in [0.2, 0.25) is 0 Å². The van der Waals surface area contributed by atoms with Crippen LogP contribution in [0.4, 0.5) is 28.4 Å². The monoisotopic (exact) mass is 788 g/mol. The number of benzene rings is 5. The molecule has 2 aliphatic heterocycles. The molecule has 3 nitrogen and oxygen atoms in total. The molecular formula is C56H61BN2O. The molecule has 1 unspecified atom stereocenters. The number of hydrogen-bond acceptors (Lipinski definition) is 3. The average Bonchev–Trinajstić information content (AvgIpc) is 3.56. The maximum Gasteiger partial charge on any atom is 0.297 e. The molecular weight excluding hydrogens is 727 g/mol. The highest BCUT2D eigenvalue weighted by atomic mass is 16.3. The van der Waals surface area contributed by atoms with E-state index in [1.807, 2.05) is 0 Å². The Morgan fingerprint density at radius 3 is 2.02 bits per heavy atom. The lowest BCUT2D eigenvalue weighted by Crippen LogP contribution is -2.61. The van der Waals surface area contributed by atoms with Crippen molar-refractivity contribution >= 4 is 62.7 Å². The number of nitrogens with zero attached hydrogens (tertiary/aromatic N) is 2. The van der Waals surface area contributed by atoms with Crippen LogP contribution < -0.4 is 26.4 Å². The van der Waals surface area contributed by atoms with Gasteiger partial charge in [0.05, 0.1) is 17.0 Å². The van der Waals surface area contributed by atoms with Gasteiger partial charge in [-0.25, -0.2) is 0 Å². The first-order chi connectivity index (χ1) is 28.3. The summed E-state index contributed by atoms with van der Waals surface area (Å²) in [6, 6.07) is 35.0. The van der Waals surface area contributed by atoms with E-state index >= 15 is 0 Å². The highest BCUT2D eigenvalue weighted by Crippen LogP contribution is 2.52. The fraction of sp³-hybridized carbons (Fsp3) is 0.357. The molecule has 304 valence electrons. The molecule has 6 aromatic rings. The number of aryl methyl sites for hydroxylation is 2. The maximum atomic E-state index is 7.34. The van der Waals surface area contributed by atoms with Crippen LogP contribution in [0.3, 0.4) is 0 Å². The molecule has 5 aromatic carbocycles. The van der Waals surface area contributed by atoms with Crippen LogP contribution >= 0.6 is 0 Å². The molecule has 0 radical (unpaired) electrons. The van der Waals surface area contributed by atoms with Gasteiger partial charge >= 0.3 is 0 Å². The van der Waals surface area contributed by atoms with Gasteiger partial charge in [-0.2, -0.15) is 0 Å². The number of furan rings is 1. The molecule has 3 heterocycles. The predicted molar refractivity (Wildman–Crippen MR) is 258 cm³/mol. The van der Waals surface area contributed by atoms with Crippen LogP contribution in [0.15, 0.2) is 119 Å². The van der Waals surface area contributed by atoms with Crippen molar-refractivity contribution in [3.05, 3.63) is 143 Å². The molecule has 1 atom stereocenters. The van der Waals surface area contributed by atoms with Crippen LogP contribution in [0, 0.1) is 25.2 Å². The topological polar surface area (TPSA) is 19.6 Å². The van der Waals surface area contributed by atoms with Gasteiger partial charge in [-0.3, -0.25) is 0 Å². The van der Waals surface area contributed by atoms with E-state index in [4.69, 9.17) is 4.42 Å². The Bertz CT molecular complexity index is 2800. The van der Waals surface area contributed by atoms with E-state index in [1.165, 1.54) is 91.2 Å². The number of rotatable bonds is 3. The molecule has 0 bridgehead atoms. The molecule has 4 heteroatoms. The van der Waals surface area contributed by atoms with Gasteiger partial charge in [0.25, 0.3) is 6.71 Å². The maximum absolute atomic E-state index is 7.34. The zero-order valence-corrected chi connectivity index (χ0v) is 38.0. The fourth-order valence-electron chi connectivity index (χ4n) is 10.8. The Kier molecular flexibility index (Phi) is 8.53. The smallest absolute Gasteiger partial charge is 0.297 e. The van der Waals surface area contributed by atoms with E-state index in [9.17, 15) is 0 Å². The molecule has 4 aliphatic rings. The Balaban J connectivity index is 1.32. The predicted octanol–water partition coefficient (Wildman–Crippen LogP) is 13.6. The summed E-state index contributed by atoms with van der Waals surface area (Å²) in [4.78, 5) is 5.20. The first-order valence-electron chi connectivity index (χ1n) is 22.4. The summed E-state index contributed by atoms with van der Waals surface area (Å²) in [6.45, 7) is 28.3. The molecule has 0 fully saturated rings. The summed E-state index contributed by atoms with van der Waals surface area (Å²) >= 11 is 0. The van der Waals surface area contributed by atoms with E-state index in [0.717, 1.165) is 28.7 Å². The summed E-state index contributed by atoms with van der Waals surface area (Å²) in [5, 5.41) is 1.16. The third-order valence-electron chi connectivity index (χ3n) is 14.6. The second-order valence-corrected chi connectivity index (χ2v) is 21.9.